The highest BCUT2D eigenvalue weighted by Gasteiger charge is 1.44. The van der Waals surface area contributed by atoms with E-state index in [0.717, 1.165) is 0 Å². The third-order valence-electron chi connectivity index (χ3n) is 0. The van der Waals surface area contributed by atoms with Gasteiger partial charge in [0.25, 0.3) is 0 Å². The molecule has 0 aliphatic heterocycles. The molecule has 0 spiro atoms. The van der Waals surface area contributed by atoms with E-state index >= 15 is 0 Å². The van der Waals surface area contributed by atoms with Crippen LogP contribution in [0.2, 0.25) is 0 Å². The predicted octanol–water partition coefficient (Wildman–Crippen LogP) is 1.94. The average Bonchev–Trinajstić information content (AvgIpc) is 0.918. The molecule has 36 valence electrons. The number of halogens is 3. The highest BCUT2D eigenvalue weighted by Crippen LogP contribution is 1.56. The zero-order valence-corrected chi connectivity index (χ0v) is 2.69. The lowest BCUT2D eigenvalue weighted by Crippen LogP contribution is -1.34. The van der Waals surface area contributed by atoms with Crippen molar-refractivity contribution >= 4 is 12.4 Å². The molecule has 0 saturated heterocycles. The molecule has 0 radical (unpaired) electrons. The predicted molar refractivity (Wildman–Crippen MR) is 21.1 cm³/mol. The Bertz CT molecular complexity index is 7.61. The van der Waals surface area contributed by atoms with E-state index in [4.69, 9.17) is 0 Å². The topological polar surface area (TPSA) is 0 Å². The quantitative estimate of drug-likeness (QED) is 0.441. The summed E-state index contributed by atoms with van der Waals surface area (Å²) in [6.07, 6.45) is 0. The van der Waals surface area contributed by atoms with Crippen LogP contribution in [0.25, 0.3) is 0 Å². The Balaban J connectivity index is -0.0000000200. The standard InChI is InChI=1S/CH2F2.CH4.ClH/c2-1-3;;/h1H2;1H4;1H. The second-order valence-corrected chi connectivity index (χ2v) is 0.101. The van der Waals surface area contributed by atoms with Gasteiger partial charge in [0.15, 0.2) is 0 Å². The maximum absolute atomic E-state index is 9.62. The minimum atomic E-state index is -1.75. The van der Waals surface area contributed by atoms with E-state index in [9.17, 15) is 8.78 Å². The molecule has 0 unspecified atom stereocenters. The summed E-state index contributed by atoms with van der Waals surface area (Å²) >= 11 is 0. The molecule has 0 saturated carbocycles. The van der Waals surface area contributed by atoms with E-state index in [-0.39, 0.29) is 19.8 Å². The molecule has 0 aromatic heterocycles. The smallest absolute Gasteiger partial charge is 0.214 e. The first kappa shape index (κ1) is 19.2. The lowest BCUT2D eigenvalue weighted by Gasteiger charge is -1.42. The number of alkyl halides is 2. The Morgan fingerprint density at radius 1 is 1.20 bits per heavy atom. The molecule has 0 aromatic rings. The van der Waals surface area contributed by atoms with E-state index in [1.807, 2.05) is 0 Å². The third-order valence-corrected chi connectivity index (χ3v) is 0. The summed E-state index contributed by atoms with van der Waals surface area (Å²) in [4.78, 5) is 0. The number of hydrogen-bond donors (Lipinski definition) is 0. The monoisotopic (exact) mass is 104 g/mol. The SMILES string of the molecule is C.Cl.FCF. The van der Waals surface area contributed by atoms with Crippen molar-refractivity contribution in [1.29, 1.82) is 0 Å². The second kappa shape index (κ2) is 31.1. The van der Waals surface area contributed by atoms with Gasteiger partial charge in [-0.05, 0) is 0 Å². The fraction of sp³-hybridized carbons (Fsp3) is 1.00. The van der Waals surface area contributed by atoms with Crippen molar-refractivity contribution in [2.45, 2.75) is 7.43 Å². The van der Waals surface area contributed by atoms with Crippen molar-refractivity contribution in [1.82, 2.24) is 0 Å². The zero-order chi connectivity index (χ0) is 2.71. The van der Waals surface area contributed by atoms with Gasteiger partial charge in [0.2, 0.25) is 6.93 Å². The van der Waals surface area contributed by atoms with E-state index in [1.165, 1.54) is 0 Å². The molecule has 0 fully saturated rings. The molecule has 0 aromatic carbocycles. The summed E-state index contributed by atoms with van der Waals surface area (Å²) in [6.45, 7) is -1.75. The van der Waals surface area contributed by atoms with Crippen LogP contribution < -0.4 is 0 Å². The van der Waals surface area contributed by atoms with E-state index in [1.54, 1.807) is 0 Å². The highest BCUT2D eigenvalue weighted by atomic mass is 35.5. The third kappa shape index (κ3) is 853. The molecule has 0 nitrogen and oxygen atoms in total. The summed E-state index contributed by atoms with van der Waals surface area (Å²) in [7, 11) is 0. The van der Waals surface area contributed by atoms with Crippen LogP contribution in [0.3, 0.4) is 0 Å². The molecule has 0 rings (SSSR count). The minimum Gasteiger partial charge on any atom is -0.214 e. The lowest BCUT2D eigenvalue weighted by atomic mass is 11.7. The van der Waals surface area contributed by atoms with Gasteiger partial charge in [-0.15, -0.1) is 12.4 Å². The van der Waals surface area contributed by atoms with Crippen LogP contribution in [0.4, 0.5) is 8.78 Å². The molecule has 3 heteroatoms. The van der Waals surface area contributed by atoms with Crippen LogP contribution in [0, 0.1) is 0 Å². The number of rotatable bonds is 0. The molecule has 0 aliphatic rings. The normalized spacial score (nSPS) is 3.60. The lowest BCUT2D eigenvalue weighted by molar-refractivity contribution is 0.295. The molecule has 5 heavy (non-hydrogen) atoms. The molecule has 0 heterocycles. The van der Waals surface area contributed by atoms with Crippen molar-refractivity contribution in [2.75, 3.05) is 6.93 Å². The first-order valence-corrected chi connectivity index (χ1v) is 0.535. The summed E-state index contributed by atoms with van der Waals surface area (Å²) in [5.74, 6) is 0. The van der Waals surface area contributed by atoms with Crippen LogP contribution in [0.1, 0.15) is 7.43 Å². The van der Waals surface area contributed by atoms with Crippen molar-refractivity contribution in [3.05, 3.63) is 0 Å². The number of hydrogen-bond acceptors (Lipinski definition) is 0. The summed E-state index contributed by atoms with van der Waals surface area (Å²) in [6, 6.07) is 0. The molecule has 0 N–H and O–H groups in total. The van der Waals surface area contributed by atoms with Crippen LogP contribution in [0.5, 0.6) is 0 Å². The fourth-order valence-corrected chi connectivity index (χ4v) is 0. The van der Waals surface area contributed by atoms with Gasteiger partial charge < -0.3 is 0 Å². The van der Waals surface area contributed by atoms with Gasteiger partial charge in [0.1, 0.15) is 0 Å². The Morgan fingerprint density at radius 2 is 1.20 bits per heavy atom. The van der Waals surface area contributed by atoms with Crippen LogP contribution in [-0.2, 0) is 0 Å². The molecule has 0 bridgehead atoms. The summed E-state index contributed by atoms with van der Waals surface area (Å²) in [5, 5.41) is 0. The zero-order valence-electron chi connectivity index (χ0n) is 1.87. The van der Waals surface area contributed by atoms with Gasteiger partial charge in [-0.3, -0.25) is 0 Å². The van der Waals surface area contributed by atoms with E-state index in [0.29, 0.717) is 0 Å². The minimum absolute atomic E-state index is 0. The van der Waals surface area contributed by atoms with Gasteiger partial charge in [-0.2, -0.15) is 0 Å². The second-order valence-electron chi connectivity index (χ2n) is 0.101. The fourth-order valence-electron chi connectivity index (χ4n) is 0. The molecule has 0 aliphatic carbocycles. The van der Waals surface area contributed by atoms with E-state index in [2.05, 4.69) is 0 Å². The van der Waals surface area contributed by atoms with Gasteiger partial charge in [-0.25, -0.2) is 8.78 Å². The molecular formula is C2H7ClF2. The first-order valence-electron chi connectivity index (χ1n) is 0.535. The molecule has 0 atom stereocenters. The van der Waals surface area contributed by atoms with Crippen molar-refractivity contribution in [3.63, 3.8) is 0 Å². The Kier molecular flexibility index (Phi) is 119. The Morgan fingerprint density at radius 3 is 1.20 bits per heavy atom. The average molecular weight is 105 g/mol. The maximum Gasteiger partial charge on any atom is 0.229 e. The van der Waals surface area contributed by atoms with Gasteiger partial charge >= 0.3 is 0 Å². The Hall–Kier alpha value is 0.150. The van der Waals surface area contributed by atoms with Crippen LogP contribution in [-0.4, -0.2) is 6.93 Å². The largest absolute Gasteiger partial charge is 0.229 e. The van der Waals surface area contributed by atoms with Crippen molar-refractivity contribution < 1.29 is 8.78 Å². The van der Waals surface area contributed by atoms with Crippen LogP contribution in [0.15, 0.2) is 0 Å². The molecule has 0 amide bonds. The van der Waals surface area contributed by atoms with Crippen molar-refractivity contribution in [3.8, 4) is 0 Å². The van der Waals surface area contributed by atoms with Crippen molar-refractivity contribution in [2.24, 2.45) is 0 Å². The van der Waals surface area contributed by atoms with Gasteiger partial charge in [0.05, 0.1) is 0 Å². The summed E-state index contributed by atoms with van der Waals surface area (Å²) < 4.78 is 19.2. The highest BCUT2D eigenvalue weighted by molar-refractivity contribution is 5.85. The first-order chi connectivity index (χ1) is 1.41. The van der Waals surface area contributed by atoms with Crippen LogP contribution >= 0.6 is 12.4 Å². The summed E-state index contributed by atoms with van der Waals surface area (Å²) in [5.41, 5.74) is 0. The van der Waals surface area contributed by atoms with E-state index < -0.39 is 6.93 Å². The van der Waals surface area contributed by atoms with Gasteiger partial charge in [-0.1, -0.05) is 7.43 Å². The van der Waals surface area contributed by atoms with Gasteiger partial charge in [0, 0.05) is 0 Å². The maximum atomic E-state index is 9.62. The Labute approximate surface area is 36.6 Å². The molecular weight excluding hydrogens is 97.5 g/mol.